The van der Waals surface area contributed by atoms with Crippen molar-refractivity contribution in [2.75, 3.05) is 7.11 Å². The summed E-state index contributed by atoms with van der Waals surface area (Å²) in [7, 11) is 1.42. The molecule has 0 aromatic heterocycles. The molecule has 0 amide bonds. The lowest BCUT2D eigenvalue weighted by Crippen LogP contribution is -2.12. The monoisotopic (exact) mass is 156 g/mol. The summed E-state index contributed by atoms with van der Waals surface area (Å²) in [6.07, 6.45) is 1.73. The van der Waals surface area contributed by atoms with Crippen molar-refractivity contribution in [2.45, 2.75) is 26.7 Å². The molecule has 0 fully saturated rings. The zero-order valence-corrected chi connectivity index (χ0v) is 7.52. The molecule has 0 unspecified atom stereocenters. The zero-order valence-electron chi connectivity index (χ0n) is 7.52. The lowest BCUT2D eigenvalue weighted by atomic mass is 10.0. The van der Waals surface area contributed by atoms with E-state index in [2.05, 4.69) is 11.3 Å². The largest absolute Gasteiger partial charge is 0.469 e. The molecule has 2 nitrogen and oxygen atoms in total. The summed E-state index contributed by atoms with van der Waals surface area (Å²) in [6.45, 7) is 7.59. The second kappa shape index (κ2) is 4.94. The van der Waals surface area contributed by atoms with Gasteiger partial charge >= 0.3 is 5.97 Å². The topological polar surface area (TPSA) is 26.3 Å². The van der Waals surface area contributed by atoms with Crippen LogP contribution in [-0.2, 0) is 9.53 Å². The molecular weight excluding hydrogens is 140 g/mol. The van der Waals surface area contributed by atoms with E-state index < -0.39 is 0 Å². The standard InChI is InChI=1S/C9H16O2/c1-7(2)5-6-8(3)9(10)11-4/h8H,1,5-6H2,2-4H3/t8-/m1/s1. The SMILES string of the molecule is C=C(C)CC[C@@H](C)C(=O)OC. The van der Waals surface area contributed by atoms with E-state index in [1.54, 1.807) is 0 Å². The highest BCUT2D eigenvalue weighted by atomic mass is 16.5. The molecule has 0 radical (unpaired) electrons. The zero-order chi connectivity index (χ0) is 8.85. The Morgan fingerprint density at radius 2 is 2.18 bits per heavy atom. The van der Waals surface area contributed by atoms with Crippen LogP contribution in [0, 0.1) is 5.92 Å². The van der Waals surface area contributed by atoms with E-state index in [1.807, 2.05) is 13.8 Å². The van der Waals surface area contributed by atoms with Gasteiger partial charge in [0.25, 0.3) is 0 Å². The Balaban J connectivity index is 3.60. The first kappa shape index (κ1) is 10.2. The number of esters is 1. The number of hydrogen-bond donors (Lipinski definition) is 0. The fourth-order valence-electron chi connectivity index (χ4n) is 0.782. The minimum absolute atomic E-state index is 0.00306. The van der Waals surface area contributed by atoms with Crippen LogP contribution >= 0.6 is 0 Å². The Bertz CT molecular complexity index is 150. The van der Waals surface area contributed by atoms with Gasteiger partial charge in [0.15, 0.2) is 0 Å². The van der Waals surface area contributed by atoms with Gasteiger partial charge in [-0.2, -0.15) is 0 Å². The first-order chi connectivity index (χ1) is 5.07. The van der Waals surface area contributed by atoms with Gasteiger partial charge in [-0.05, 0) is 19.8 Å². The predicted molar refractivity (Wildman–Crippen MR) is 45.2 cm³/mol. The van der Waals surface area contributed by atoms with E-state index >= 15 is 0 Å². The highest BCUT2D eigenvalue weighted by Crippen LogP contribution is 2.10. The summed E-state index contributed by atoms with van der Waals surface area (Å²) in [5.74, 6) is -0.136. The van der Waals surface area contributed by atoms with Crippen LogP contribution < -0.4 is 0 Å². The van der Waals surface area contributed by atoms with Crippen LogP contribution in [0.2, 0.25) is 0 Å². The molecular formula is C9H16O2. The molecule has 0 saturated carbocycles. The smallest absolute Gasteiger partial charge is 0.308 e. The van der Waals surface area contributed by atoms with Crippen LogP contribution in [0.1, 0.15) is 26.7 Å². The minimum atomic E-state index is -0.133. The Morgan fingerprint density at radius 3 is 2.55 bits per heavy atom. The fourth-order valence-corrected chi connectivity index (χ4v) is 0.782. The van der Waals surface area contributed by atoms with E-state index in [0.717, 1.165) is 18.4 Å². The molecule has 0 saturated heterocycles. The highest BCUT2D eigenvalue weighted by Gasteiger charge is 2.11. The van der Waals surface area contributed by atoms with E-state index in [4.69, 9.17) is 0 Å². The van der Waals surface area contributed by atoms with Crippen LogP contribution in [0.3, 0.4) is 0 Å². The van der Waals surface area contributed by atoms with Crippen molar-refractivity contribution in [2.24, 2.45) is 5.92 Å². The van der Waals surface area contributed by atoms with Crippen molar-refractivity contribution >= 4 is 5.97 Å². The molecule has 0 bridgehead atoms. The predicted octanol–water partition coefficient (Wildman–Crippen LogP) is 2.15. The fraction of sp³-hybridized carbons (Fsp3) is 0.667. The van der Waals surface area contributed by atoms with Crippen LogP contribution in [0.5, 0.6) is 0 Å². The minimum Gasteiger partial charge on any atom is -0.469 e. The lowest BCUT2D eigenvalue weighted by molar-refractivity contribution is -0.145. The van der Waals surface area contributed by atoms with E-state index in [0.29, 0.717) is 0 Å². The van der Waals surface area contributed by atoms with Crippen LogP contribution in [-0.4, -0.2) is 13.1 Å². The quantitative estimate of drug-likeness (QED) is 0.460. The number of methoxy groups -OCH3 is 1. The Hall–Kier alpha value is -0.790. The van der Waals surface area contributed by atoms with Crippen molar-refractivity contribution in [3.8, 4) is 0 Å². The molecule has 0 aliphatic rings. The molecule has 0 spiro atoms. The summed E-state index contributed by atoms with van der Waals surface area (Å²) in [6, 6.07) is 0. The Morgan fingerprint density at radius 1 is 1.64 bits per heavy atom. The van der Waals surface area contributed by atoms with Crippen LogP contribution in [0.4, 0.5) is 0 Å². The number of rotatable bonds is 4. The average Bonchev–Trinajstić information content (AvgIpc) is 1.98. The Labute approximate surface area is 68.2 Å². The van der Waals surface area contributed by atoms with Crippen molar-refractivity contribution in [3.63, 3.8) is 0 Å². The number of allylic oxidation sites excluding steroid dienone is 1. The second-order valence-corrected chi connectivity index (χ2v) is 2.92. The van der Waals surface area contributed by atoms with Gasteiger partial charge in [-0.15, -0.1) is 6.58 Å². The first-order valence-electron chi connectivity index (χ1n) is 3.80. The Kier molecular flexibility index (Phi) is 4.59. The number of hydrogen-bond acceptors (Lipinski definition) is 2. The summed E-state index contributed by atoms with van der Waals surface area (Å²) >= 11 is 0. The molecule has 0 N–H and O–H groups in total. The van der Waals surface area contributed by atoms with E-state index in [-0.39, 0.29) is 11.9 Å². The van der Waals surface area contributed by atoms with Crippen molar-refractivity contribution in [1.82, 2.24) is 0 Å². The van der Waals surface area contributed by atoms with Crippen molar-refractivity contribution in [1.29, 1.82) is 0 Å². The molecule has 0 heterocycles. The van der Waals surface area contributed by atoms with E-state index in [9.17, 15) is 4.79 Å². The summed E-state index contributed by atoms with van der Waals surface area (Å²) in [5.41, 5.74) is 1.11. The second-order valence-electron chi connectivity index (χ2n) is 2.92. The average molecular weight is 156 g/mol. The van der Waals surface area contributed by atoms with Gasteiger partial charge < -0.3 is 4.74 Å². The van der Waals surface area contributed by atoms with Gasteiger partial charge in [0.2, 0.25) is 0 Å². The van der Waals surface area contributed by atoms with Crippen molar-refractivity contribution < 1.29 is 9.53 Å². The normalized spacial score (nSPS) is 12.3. The third-order valence-electron chi connectivity index (χ3n) is 1.61. The maximum atomic E-state index is 10.9. The number of carbonyl (C=O) groups is 1. The van der Waals surface area contributed by atoms with Gasteiger partial charge in [0, 0.05) is 0 Å². The molecule has 0 aliphatic carbocycles. The van der Waals surface area contributed by atoms with Gasteiger partial charge in [0.05, 0.1) is 13.0 Å². The molecule has 64 valence electrons. The van der Waals surface area contributed by atoms with Gasteiger partial charge in [-0.3, -0.25) is 4.79 Å². The highest BCUT2D eigenvalue weighted by molar-refractivity contribution is 5.71. The molecule has 0 aromatic carbocycles. The third-order valence-corrected chi connectivity index (χ3v) is 1.61. The maximum absolute atomic E-state index is 10.9. The lowest BCUT2D eigenvalue weighted by Gasteiger charge is -2.07. The third kappa shape index (κ3) is 4.59. The van der Waals surface area contributed by atoms with Crippen LogP contribution in [0.15, 0.2) is 12.2 Å². The van der Waals surface area contributed by atoms with Gasteiger partial charge in [-0.25, -0.2) is 0 Å². The molecule has 1 atom stereocenters. The first-order valence-corrected chi connectivity index (χ1v) is 3.80. The molecule has 0 rings (SSSR count). The molecule has 0 aromatic rings. The van der Waals surface area contributed by atoms with Crippen LogP contribution in [0.25, 0.3) is 0 Å². The van der Waals surface area contributed by atoms with Crippen molar-refractivity contribution in [3.05, 3.63) is 12.2 Å². The summed E-state index contributed by atoms with van der Waals surface area (Å²) in [4.78, 5) is 10.9. The molecule has 11 heavy (non-hydrogen) atoms. The summed E-state index contributed by atoms with van der Waals surface area (Å²) < 4.78 is 4.58. The number of carbonyl (C=O) groups excluding carboxylic acids is 1. The molecule has 0 aliphatic heterocycles. The maximum Gasteiger partial charge on any atom is 0.308 e. The van der Waals surface area contributed by atoms with E-state index in [1.165, 1.54) is 7.11 Å². The van der Waals surface area contributed by atoms with Gasteiger partial charge in [0.1, 0.15) is 0 Å². The van der Waals surface area contributed by atoms with Gasteiger partial charge in [-0.1, -0.05) is 12.5 Å². The number of ether oxygens (including phenoxy) is 1. The molecule has 2 heteroatoms. The summed E-state index contributed by atoms with van der Waals surface area (Å²) in [5, 5.41) is 0.